The maximum absolute atomic E-state index is 13.2. The maximum atomic E-state index is 13.2. The molecule has 0 aliphatic carbocycles. The number of ether oxygens (including phenoxy) is 2. The molecule has 156 valence electrons. The van der Waals surface area contributed by atoms with Gasteiger partial charge in [-0.1, -0.05) is 45.4 Å². The van der Waals surface area contributed by atoms with Crippen LogP contribution in [0.25, 0.3) is 0 Å². The Bertz CT molecular complexity index is 835. The minimum absolute atomic E-state index is 0.0639. The van der Waals surface area contributed by atoms with Crippen molar-refractivity contribution in [2.45, 2.75) is 46.2 Å². The molecule has 0 aromatic heterocycles. The lowest BCUT2D eigenvalue weighted by Gasteiger charge is -2.38. The summed E-state index contributed by atoms with van der Waals surface area (Å²) in [7, 11) is 1.65. The Kier molecular flexibility index (Phi) is 7.02. The molecule has 1 aliphatic rings. The maximum Gasteiger partial charge on any atom is 0.257 e. The SMILES string of the molecule is CCCCN1C(=O)c2ccccc2NC1c1ccc(OCCC(C)C)c(OC)c1. The molecule has 29 heavy (non-hydrogen) atoms. The van der Waals surface area contributed by atoms with Crippen molar-refractivity contribution in [3.8, 4) is 11.5 Å². The van der Waals surface area contributed by atoms with Crippen LogP contribution in [0.3, 0.4) is 0 Å². The van der Waals surface area contributed by atoms with Crippen LogP contribution in [-0.2, 0) is 0 Å². The van der Waals surface area contributed by atoms with E-state index < -0.39 is 0 Å². The molecule has 0 bridgehead atoms. The van der Waals surface area contributed by atoms with Crippen LogP contribution in [0.5, 0.6) is 11.5 Å². The average molecular weight is 397 g/mol. The van der Waals surface area contributed by atoms with Crippen molar-refractivity contribution in [2.75, 3.05) is 25.6 Å². The summed E-state index contributed by atoms with van der Waals surface area (Å²) in [5.41, 5.74) is 2.57. The summed E-state index contributed by atoms with van der Waals surface area (Å²) < 4.78 is 11.5. The Morgan fingerprint density at radius 1 is 1.14 bits per heavy atom. The number of hydrogen-bond donors (Lipinski definition) is 1. The van der Waals surface area contributed by atoms with Gasteiger partial charge in [0, 0.05) is 12.2 Å². The summed E-state index contributed by atoms with van der Waals surface area (Å²) >= 11 is 0. The molecule has 0 saturated carbocycles. The van der Waals surface area contributed by atoms with Crippen molar-refractivity contribution in [1.29, 1.82) is 0 Å². The van der Waals surface area contributed by atoms with Gasteiger partial charge >= 0.3 is 0 Å². The van der Waals surface area contributed by atoms with Crippen LogP contribution in [0, 0.1) is 5.92 Å². The second-order valence-corrected chi connectivity index (χ2v) is 7.89. The fourth-order valence-electron chi connectivity index (χ4n) is 3.49. The van der Waals surface area contributed by atoms with Crippen molar-refractivity contribution in [3.63, 3.8) is 0 Å². The number of nitrogens with zero attached hydrogens (tertiary/aromatic N) is 1. The third kappa shape index (κ3) is 4.84. The number of nitrogens with one attached hydrogen (secondary N) is 1. The number of para-hydroxylation sites is 1. The van der Waals surface area contributed by atoms with Crippen LogP contribution in [0.15, 0.2) is 42.5 Å². The Balaban J connectivity index is 1.89. The Morgan fingerprint density at radius 2 is 1.93 bits per heavy atom. The predicted molar refractivity (Wildman–Crippen MR) is 117 cm³/mol. The van der Waals surface area contributed by atoms with E-state index in [4.69, 9.17) is 9.47 Å². The first-order valence-electron chi connectivity index (χ1n) is 10.5. The van der Waals surface area contributed by atoms with Gasteiger partial charge in [0.05, 0.1) is 19.3 Å². The van der Waals surface area contributed by atoms with Crippen LogP contribution in [0.1, 0.15) is 62.1 Å². The number of fused-ring (bicyclic) bond motifs is 1. The molecule has 1 atom stereocenters. The van der Waals surface area contributed by atoms with E-state index in [-0.39, 0.29) is 12.1 Å². The van der Waals surface area contributed by atoms with Crippen LogP contribution in [-0.4, -0.2) is 31.1 Å². The summed E-state index contributed by atoms with van der Waals surface area (Å²) in [5.74, 6) is 2.08. The molecule has 0 fully saturated rings. The Labute approximate surface area is 174 Å². The molecule has 1 unspecified atom stereocenters. The van der Waals surface area contributed by atoms with E-state index in [2.05, 4.69) is 26.1 Å². The zero-order valence-electron chi connectivity index (χ0n) is 17.9. The van der Waals surface area contributed by atoms with Gasteiger partial charge in [0.25, 0.3) is 5.91 Å². The van der Waals surface area contributed by atoms with Gasteiger partial charge in [0.15, 0.2) is 11.5 Å². The standard InChI is InChI=1S/C24H32N2O3/c1-5-6-14-26-23(25-20-10-8-7-9-19(20)24(26)27)18-11-12-21(22(16-18)28-4)29-15-13-17(2)3/h7-12,16-17,23,25H,5-6,13-15H2,1-4H3. The minimum Gasteiger partial charge on any atom is -0.493 e. The van der Waals surface area contributed by atoms with Gasteiger partial charge in [-0.2, -0.15) is 0 Å². The summed E-state index contributed by atoms with van der Waals surface area (Å²) in [6, 6.07) is 13.6. The number of rotatable bonds is 9. The fraction of sp³-hybridized carbons (Fsp3) is 0.458. The molecule has 5 nitrogen and oxygen atoms in total. The second-order valence-electron chi connectivity index (χ2n) is 7.89. The van der Waals surface area contributed by atoms with Crippen molar-refractivity contribution in [2.24, 2.45) is 5.92 Å². The van der Waals surface area contributed by atoms with Gasteiger partial charge < -0.3 is 19.7 Å². The van der Waals surface area contributed by atoms with E-state index in [1.165, 1.54) is 0 Å². The molecular weight excluding hydrogens is 364 g/mol. The van der Waals surface area contributed by atoms with Crippen LogP contribution in [0.2, 0.25) is 0 Å². The summed E-state index contributed by atoms with van der Waals surface area (Å²) in [6.45, 7) is 7.85. The van der Waals surface area contributed by atoms with Crippen molar-refractivity contribution >= 4 is 11.6 Å². The molecule has 2 aromatic carbocycles. The molecule has 1 aliphatic heterocycles. The first-order chi connectivity index (χ1) is 14.0. The highest BCUT2D eigenvalue weighted by Crippen LogP contribution is 2.37. The van der Waals surface area contributed by atoms with Gasteiger partial charge in [-0.25, -0.2) is 0 Å². The van der Waals surface area contributed by atoms with Crippen molar-refractivity contribution < 1.29 is 14.3 Å². The van der Waals surface area contributed by atoms with E-state index in [9.17, 15) is 4.79 Å². The van der Waals surface area contributed by atoms with E-state index in [1.54, 1.807) is 7.11 Å². The van der Waals surface area contributed by atoms with Gasteiger partial charge in [-0.3, -0.25) is 4.79 Å². The van der Waals surface area contributed by atoms with Crippen molar-refractivity contribution in [1.82, 2.24) is 4.90 Å². The zero-order chi connectivity index (χ0) is 20.8. The highest BCUT2D eigenvalue weighted by molar-refractivity contribution is 6.01. The topological polar surface area (TPSA) is 50.8 Å². The van der Waals surface area contributed by atoms with Gasteiger partial charge in [-0.15, -0.1) is 0 Å². The van der Waals surface area contributed by atoms with Crippen LogP contribution < -0.4 is 14.8 Å². The number of amides is 1. The van der Waals surface area contributed by atoms with Crippen LogP contribution >= 0.6 is 0 Å². The number of unbranched alkanes of at least 4 members (excludes halogenated alkanes) is 1. The lowest BCUT2D eigenvalue weighted by Crippen LogP contribution is -2.43. The minimum atomic E-state index is -0.234. The van der Waals surface area contributed by atoms with Crippen molar-refractivity contribution in [3.05, 3.63) is 53.6 Å². The largest absolute Gasteiger partial charge is 0.493 e. The zero-order valence-corrected chi connectivity index (χ0v) is 17.9. The van der Waals surface area contributed by atoms with Gasteiger partial charge in [0.2, 0.25) is 0 Å². The molecule has 1 N–H and O–H groups in total. The predicted octanol–water partition coefficient (Wildman–Crippen LogP) is 5.49. The number of carbonyl (C=O) groups is 1. The van der Waals surface area contributed by atoms with Gasteiger partial charge in [-0.05, 0) is 48.6 Å². The average Bonchev–Trinajstić information content (AvgIpc) is 2.73. The molecule has 2 aromatic rings. The molecule has 5 heteroatoms. The molecule has 0 spiro atoms. The Hall–Kier alpha value is -2.69. The second kappa shape index (κ2) is 9.68. The summed E-state index contributed by atoms with van der Waals surface area (Å²) in [6.07, 6.45) is 2.75. The highest BCUT2D eigenvalue weighted by Gasteiger charge is 2.32. The lowest BCUT2D eigenvalue weighted by atomic mass is 10.0. The van der Waals surface area contributed by atoms with Crippen LogP contribution in [0.4, 0.5) is 5.69 Å². The quantitative estimate of drug-likeness (QED) is 0.609. The number of methoxy groups -OCH3 is 1. The van der Waals surface area contributed by atoms with E-state index in [1.807, 2.05) is 47.4 Å². The Morgan fingerprint density at radius 3 is 2.66 bits per heavy atom. The fourth-order valence-corrected chi connectivity index (χ4v) is 3.49. The first-order valence-corrected chi connectivity index (χ1v) is 10.5. The normalized spacial score (nSPS) is 15.8. The summed E-state index contributed by atoms with van der Waals surface area (Å²) in [4.78, 5) is 15.1. The molecule has 0 radical (unpaired) electrons. The van der Waals surface area contributed by atoms with Gasteiger partial charge in [0.1, 0.15) is 6.17 Å². The molecule has 3 rings (SSSR count). The lowest BCUT2D eigenvalue weighted by molar-refractivity contribution is 0.0680. The van der Waals surface area contributed by atoms with E-state index in [0.29, 0.717) is 24.8 Å². The smallest absolute Gasteiger partial charge is 0.257 e. The first kappa shape index (κ1) is 21.0. The van der Waals surface area contributed by atoms with E-state index in [0.717, 1.165) is 41.8 Å². The third-order valence-electron chi connectivity index (χ3n) is 5.23. The third-order valence-corrected chi connectivity index (χ3v) is 5.23. The molecule has 1 heterocycles. The molecular formula is C24H32N2O3. The number of benzene rings is 2. The molecule has 0 saturated heterocycles. The summed E-state index contributed by atoms with van der Waals surface area (Å²) in [5, 5.41) is 3.54. The number of carbonyl (C=O) groups excluding carboxylic acids is 1. The molecule has 1 amide bonds. The van der Waals surface area contributed by atoms with E-state index >= 15 is 0 Å². The number of anilines is 1. The number of hydrogen-bond acceptors (Lipinski definition) is 4. The highest BCUT2D eigenvalue weighted by atomic mass is 16.5. The monoisotopic (exact) mass is 396 g/mol.